The van der Waals surface area contributed by atoms with Crippen LogP contribution in [-0.2, 0) is 0 Å². The summed E-state index contributed by atoms with van der Waals surface area (Å²) in [4.78, 5) is 26.6. The van der Waals surface area contributed by atoms with Gasteiger partial charge in [-0.1, -0.05) is 41.4 Å². The van der Waals surface area contributed by atoms with Gasteiger partial charge in [0.15, 0.2) is 0 Å². The van der Waals surface area contributed by atoms with Gasteiger partial charge in [0.1, 0.15) is 5.75 Å². The van der Waals surface area contributed by atoms with E-state index in [0.717, 1.165) is 0 Å². The van der Waals surface area contributed by atoms with Gasteiger partial charge in [0.05, 0.1) is 10.7 Å². The number of para-hydroxylation sites is 1. The van der Waals surface area contributed by atoms with Gasteiger partial charge in [-0.15, -0.1) is 10.1 Å². The van der Waals surface area contributed by atoms with Crippen molar-refractivity contribution in [1.29, 1.82) is 0 Å². The lowest BCUT2D eigenvalue weighted by Crippen LogP contribution is -2.20. The van der Waals surface area contributed by atoms with E-state index in [2.05, 4.69) is 20.1 Å². The quantitative estimate of drug-likeness (QED) is 0.409. The Labute approximate surface area is 192 Å². The fourth-order valence-corrected chi connectivity index (χ4v) is 3.02. The SMILES string of the molecule is CN(C)c1nc(Oc2ccc(=O)n(-c3ccccc3)n2)nc(Oc2ccc(Cl)cc2Cl)n1. The van der Waals surface area contributed by atoms with E-state index in [0.29, 0.717) is 21.5 Å². The Balaban J connectivity index is 1.67. The number of hydrogen-bond donors (Lipinski definition) is 0. The molecule has 0 aliphatic heterocycles. The van der Waals surface area contributed by atoms with Gasteiger partial charge >= 0.3 is 12.0 Å². The van der Waals surface area contributed by atoms with Crippen molar-refractivity contribution in [2.45, 2.75) is 0 Å². The largest absolute Gasteiger partial charge is 0.423 e. The van der Waals surface area contributed by atoms with E-state index in [-0.39, 0.29) is 29.4 Å². The van der Waals surface area contributed by atoms with E-state index in [1.165, 1.54) is 16.8 Å². The van der Waals surface area contributed by atoms with Gasteiger partial charge in [-0.05, 0) is 30.3 Å². The minimum atomic E-state index is -0.311. The van der Waals surface area contributed by atoms with E-state index >= 15 is 0 Å². The van der Waals surface area contributed by atoms with Gasteiger partial charge in [-0.3, -0.25) is 4.79 Å². The van der Waals surface area contributed by atoms with Gasteiger partial charge in [-0.25, -0.2) is 0 Å². The molecule has 0 bridgehead atoms. The van der Waals surface area contributed by atoms with Crippen molar-refractivity contribution in [2.75, 3.05) is 19.0 Å². The molecule has 32 heavy (non-hydrogen) atoms. The molecule has 0 N–H and O–H groups in total. The first-order valence-electron chi connectivity index (χ1n) is 9.29. The predicted molar refractivity (Wildman–Crippen MR) is 121 cm³/mol. The van der Waals surface area contributed by atoms with Crippen LogP contribution < -0.4 is 19.9 Å². The normalized spacial score (nSPS) is 10.6. The highest BCUT2D eigenvalue weighted by Crippen LogP contribution is 2.31. The van der Waals surface area contributed by atoms with Crippen LogP contribution in [0.15, 0.2) is 65.5 Å². The Morgan fingerprint density at radius 3 is 2.28 bits per heavy atom. The molecule has 0 aliphatic rings. The zero-order valence-electron chi connectivity index (χ0n) is 16.9. The zero-order valence-corrected chi connectivity index (χ0v) is 18.4. The molecule has 2 heterocycles. The molecule has 2 aromatic carbocycles. The van der Waals surface area contributed by atoms with Crippen LogP contribution in [0, 0.1) is 0 Å². The van der Waals surface area contributed by atoms with Gasteiger partial charge in [0, 0.05) is 31.3 Å². The molecular weight excluding hydrogens is 455 g/mol. The summed E-state index contributed by atoms with van der Waals surface area (Å²) in [7, 11) is 3.51. The summed E-state index contributed by atoms with van der Waals surface area (Å²) in [6, 6.07) is 16.4. The molecule has 0 fully saturated rings. The maximum absolute atomic E-state index is 12.2. The highest BCUT2D eigenvalue weighted by Gasteiger charge is 2.15. The Morgan fingerprint density at radius 2 is 1.59 bits per heavy atom. The minimum Gasteiger partial charge on any atom is -0.423 e. The van der Waals surface area contributed by atoms with Crippen molar-refractivity contribution in [2.24, 2.45) is 0 Å². The molecule has 0 amide bonds. The molecule has 0 saturated carbocycles. The maximum Gasteiger partial charge on any atom is 0.331 e. The second-order valence-corrected chi connectivity index (χ2v) is 7.47. The highest BCUT2D eigenvalue weighted by atomic mass is 35.5. The second-order valence-electron chi connectivity index (χ2n) is 6.63. The average Bonchev–Trinajstić information content (AvgIpc) is 2.77. The summed E-state index contributed by atoms with van der Waals surface area (Å²) in [6.07, 6.45) is 0. The topological polar surface area (TPSA) is 95.3 Å². The van der Waals surface area contributed by atoms with Crippen LogP contribution in [0.4, 0.5) is 5.95 Å². The van der Waals surface area contributed by atoms with Crippen LogP contribution in [0.25, 0.3) is 5.69 Å². The molecule has 2 aromatic heterocycles. The third-order valence-electron chi connectivity index (χ3n) is 4.05. The van der Waals surface area contributed by atoms with Gasteiger partial charge in [-0.2, -0.15) is 14.6 Å². The summed E-state index contributed by atoms with van der Waals surface area (Å²) in [5.74, 6) is 0.708. The molecule has 0 spiro atoms. The molecule has 0 atom stereocenters. The molecule has 4 aromatic rings. The summed E-state index contributed by atoms with van der Waals surface area (Å²) in [5.41, 5.74) is 0.281. The van der Waals surface area contributed by atoms with Gasteiger partial charge < -0.3 is 14.4 Å². The number of ether oxygens (including phenoxy) is 2. The van der Waals surface area contributed by atoms with Crippen LogP contribution >= 0.6 is 23.2 Å². The summed E-state index contributed by atoms with van der Waals surface area (Å²) in [5, 5.41) is 5.00. The summed E-state index contributed by atoms with van der Waals surface area (Å²) >= 11 is 12.1. The minimum absolute atomic E-state index is 0.0423. The zero-order chi connectivity index (χ0) is 22.7. The molecule has 0 aliphatic carbocycles. The van der Waals surface area contributed by atoms with Crippen molar-refractivity contribution in [3.63, 3.8) is 0 Å². The fraction of sp³-hybridized carbons (Fsp3) is 0.0952. The molecule has 11 heteroatoms. The second kappa shape index (κ2) is 9.21. The molecule has 0 radical (unpaired) electrons. The van der Waals surface area contributed by atoms with Crippen LogP contribution in [0.1, 0.15) is 0 Å². The van der Waals surface area contributed by atoms with E-state index in [9.17, 15) is 4.79 Å². The molecule has 9 nitrogen and oxygen atoms in total. The Bertz CT molecular complexity index is 1310. The predicted octanol–water partition coefficient (Wildman–Crippen LogP) is 4.37. The first kappa shape index (κ1) is 21.5. The lowest BCUT2D eigenvalue weighted by Gasteiger charge is -2.13. The Morgan fingerprint density at radius 1 is 0.875 bits per heavy atom. The van der Waals surface area contributed by atoms with Crippen molar-refractivity contribution in [1.82, 2.24) is 24.7 Å². The fourth-order valence-electron chi connectivity index (χ4n) is 2.57. The molecule has 4 rings (SSSR count). The number of halogens is 2. The first-order chi connectivity index (χ1) is 15.4. The number of benzene rings is 2. The van der Waals surface area contributed by atoms with Crippen molar-refractivity contribution < 1.29 is 9.47 Å². The van der Waals surface area contributed by atoms with E-state index in [1.807, 2.05) is 6.07 Å². The number of rotatable bonds is 6. The van der Waals surface area contributed by atoms with Gasteiger partial charge in [0.25, 0.3) is 5.56 Å². The Hall–Kier alpha value is -3.69. The Kier molecular flexibility index (Phi) is 6.20. The van der Waals surface area contributed by atoms with E-state index < -0.39 is 0 Å². The van der Waals surface area contributed by atoms with Crippen molar-refractivity contribution in [3.05, 3.63) is 81.1 Å². The lowest BCUT2D eigenvalue weighted by molar-refractivity contribution is 0.383. The number of aromatic nitrogens is 5. The first-order valence-corrected chi connectivity index (χ1v) is 10.0. The van der Waals surface area contributed by atoms with Crippen molar-refractivity contribution in [3.8, 4) is 29.3 Å². The van der Waals surface area contributed by atoms with Crippen molar-refractivity contribution >= 4 is 29.2 Å². The number of nitrogens with zero attached hydrogens (tertiary/aromatic N) is 6. The highest BCUT2D eigenvalue weighted by molar-refractivity contribution is 6.35. The molecule has 0 unspecified atom stereocenters. The lowest BCUT2D eigenvalue weighted by atomic mass is 10.3. The molecule has 0 saturated heterocycles. The number of anilines is 1. The third-order valence-corrected chi connectivity index (χ3v) is 4.58. The van der Waals surface area contributed by atoms with Crippen LogP contribution in [0.5, 0.6) is 23.7 Å². The maximum atomic E-state index is 12.2. The van der Waals surface area contributed by atoms with Crippen LogP contribution in [-0.4, -0.2) is 38.8 Å². The summed E-state index contributed by atoms with van der Waals surface area (Å²) in [6.45, 7) is 0. The van der Waals surface area contributed by atoms with Crippen LogP contribution in [0.3, 0.4) is 0 Å². The molecule has 162 valence electrons. The standard InChI is InChI=1S/C21H16Cl2N6O3/c1-28(2)19-24-20(31-16-9-8-13(22)12-15(16)23)26-21(25-19)32-17-10-11-18(30)29(27-17)14-6-4-3-5-7-14/h3-12H,1-2H3. The van der Waals surface area contributed by atoms with Crippen LogP contribution in [0.2, 0.25) is 10.0 Å². The van der Waals surface area contributed by atoms with Gasteiger partial charge in [0.2, 0.25) is 11.8 Å². The van der Waals surface area contributed by atoms with E-state index in [4.69, 9.17) is 32.7 Å². The number of hydrogen-bond acceptors (Lipinski definition) is 8. The average molecular weight is 471 g/mol. The van der Waals surface area contributed by atoms with E-state index in [1.54, 1.807) is 61.5 Å². The smallest absolute Gasteiger partial charge is 0.331 e. The summed E-state index contributed by atoms with van der Waals surface area (Å²) < 4.78 is 12.6. The molecular formula is C21H16Cl2N6O3. The third kappa shape index (κ3) is 4.96. The monoisotopic (exact) mass is 470 g/mol.